The number of rotatable bonds is 2. The Balaban J connectivity index is 2.40. The topological polar surface area (TPSA) is 49.4 Å². The lowest BCUT2D eigenvalue weighted by Crippen LogP contribution is -2.52. The van der Waals surface area contributed by atoms with Crippen LogP contribution in [0.3, 0.4) is 0 Å². The largest absolute Gasteiger partial charge is 0.314 e. The lowest BCUT2D eigenvalue weighted by Gasteiger charge is -2.32. The lowest BCUT2D eigenvalue weighted by atomic mass is 10.3. The quantitative estimate of drug-likeness (QED) is 0.875. The molecule has 0 saturated carbocycles. The summed E-state index contributed by atoms with van der Waals surface area (Å²) in [6.07, 6.45) is 0. The van der Waals surface area contributed by atoms with Crippen LogP contribution in [0.1, 0.15) is 6.92 Å². The van der Waals surface area contributed by atoms with Crippen molar-refractivity contribution in [2.75, 3.05) is 19.6 Å². The summed E-state index contributed by atoms with van der Waals surface area (Å²) in [4.78, 5) is -0.339. The number of sulfonamides is 1. The Hall–Kier alpha value is -1.05. The number of hydrogen-bond donors (Lipinski definition) is 1. The third-order valence-corrected chi connectivity index (χ3v) is 4.87. The van der Waals surface area contributed by atoms with Crippen LogP contribution in [0, 0.1) is 11.6 Å². The Bertz CT molecular complexity index is 528. The van der Waals surface area contributed by atoms with Gasteiger partial charge in [0, 0.05) is 31.7 Å². The van der Waals surface area contributed by atoms with Gasteiger partial charge in [0.1, 0.15) is 11.6 Å². The molecular weight excluding hydrogens is 262 g/mol. The smallest absolute Gasteiger partial charge is 0.243 e. The van der Waals surface area contributed by atoms with Gasteiger partial charge in [-0.15, -0.1) is 0 Å². The highest BCUT2D eigenvalue weighted by atomic mass is 32.2. The van der Waals surface area contributed by atoms with Gasteiger partial charge in [0.25, 0.3) is 0 Å². The molecule has 100 valence electrons. The molecule has 0 bridgehead atoms. The standard InChI is InChI=1S/C11H14F2N2O2S/c1-8-7-14-2-3-15(8)18(16,17)11-5-9(12)4-10(13)6-11/h4-6,8,14H,2-3,7H2,1H3. The van der Waals surface area contributed by atoms with Gasteiger partial charge >= 0.3 is 0 Å². The monoisotopic (exact) mass is 276 g/mol. The Morgan fingerprint density at radius 1 is 1.28 bits per heavy atom. The lowest BCUT2D eigenvalue weighted by molar-refractivity contribution is 0.283. The van der Waals surface area contributed by atoms with Crippen molar-refractivity contribution in [1.29, 1.82) is 0 Å². The zero-order valence-electron chi connectivity index (χ0n) is 9.86. The molecule has 1 aromatic rings. The van der Waals surface area contributed by atoms with E-state index < -0.39 is 21.7 Å². The molecule has 1 atom stereocenters. The zero-order valence-corrected chi connectivity index (χ0v) is 10.7. The summed E-state index contributed by atoms with van der Waals surface area (Å²) in [6, 6.07) is 2.09. The molecule has 0 amide bonds. The Kier molecular flexibility index (Phi) is 3.65. The molecule has 1 saturated heterocycles. The van der Waals surface area contributed by atoms with Crippen molar-refractivity contribution in [2.45, 2.75) is 17.9 Å². The summed E-state index contributed by atoms with van der Waals surface area (Å²) in [5.74, 6) is -1.78. The van der Waals surface area contributed by atoms with Crippen LogP contribution >= 0.6 is 0 Å². The maximum atomic E-state index is 13.1. The fourth-order valence-corrected chi connectivity index (χ4v) is 3.67. The average Bonchev–Trinajstić information content (AvgIpc) is 2.28. The highest BCUT2D eigenvalue weighted by molar-refractivity contribution is 7.89. The maximum Gasteiger partial charge on any atom is 0.243 e. The van der Waals surface area contributed by atoms with Crippen molar-refractivity contribution in [2.24, 2.45) is 0 Å². The molecule has 0 radical (unpaired) electrons. The number of benzene rings is 1. The van der Waals surface area contributed by atoms with E-state index >= 15 is 0 Å². The molecule has 1 fully saturated rings. The van der Waals surface area contributed by atoms with Crippen molar-refractivity contribution >= 4 is 10.0 Å². The summed E-state index contributed by atoms with van der Waals surface area (Å²) in [5.41, 5.74) is 0. The first-order valence-electron chi connectivity index (χ1n) is 5.60. The van der Waals surface area contributed by atoms with Crippen molar-refractivity contribution < 1.29 is 17.2 Å². The molecule has 0 aliphatic carbocycles. The van der Waals surface area contributed by atoms with E-state index in [4.69, 9.17) is 0 Å². The molecule has 1 unspecified atom stereocenters. The highest BCUT2D eigenvalue weighted by Crippen LogP contribution is 2.21. The summed E-state index contributed by atoms with van der Waals surface area (Å²) >= 11 is 0. The minimum atomic E-state index is -3.84. The zero-order chi connectivity index (χ0) is 13.3. The van der Waals surface area contributed by atoms with E-state index in [0.717, 1.165) is 12.1 Å². The van der Waals surface area contributed by atoms with Crippen LogP contribution in [0.5, 0.6) is 0 Å². The van der Waals surface area contributed by atoms with Gasteiger partial charge in [-0.3, -0.25) is 0 Å². The third kappa shape index (κ3) is 2.52. The van der Waals surface area contributed by atoms with Crippen LogP contribution in [0.4, 0.5) is 8.78 Å². The first kappa shape index (κ1) is 13.4. The normalized spacial score (nSPS) is 22.1. The molecule has 1 N–H and O–H groups in total. The van der Waals surface area contributed by atoms with E-state index in [-0.39, 0.29) is 10.9 Å². The van der Waals surface area contributed by atoms with E-state index in [2.05, 4.69) is 5.32 Å². The van der Waals surface area contributed by atoms with Crippen LogP contribution in [0.2, 0.25) is 0 Å². The minimum absolute atomic E-state index is 0.241. The Morgan fingerprint density at radius 2 is 1.89 bits per heavy atom. The fraction of sp³-hybridized carbons (Fsp3) is 0.455. The van der Waals surface area contributed by atoms with Crippen LogP contribution in [0.25, 0.3) is 0 Å². The number of nitrogens with zero attached hydrogens (tertiary/aromatic N) is 1. The fourth-order valence-electron chi connectivity index (χ4n) is 1.99. The SMILES string of the molecule is CC1CNCCN1S(=O)(=O)c1cc(F)cc(F)c1. The van der Waals surface area contributed by atoms with Crippen LogP contribution in [-0.4, -0.2) is 38.4 Å². The van der Waals surface area contributed by atoms with Gasteiger partial charge in [0.15, 0.2) is 0 Å². The molecule has 1 aliphatic rings. The second-order valence-electron chi connectivity index (χ2n) is 4.27. The van der Waals surface area contributed by atoms with Gasteiger partial charge < -0.3 is 5.32 Å². The van der Waals surface area contributed by atoms with Gasteiger partial charge in [-0.05, 0) is 19.1 Å². The van der Waals surface area contributed by atoms with Gasteiger partial charge in [0.05, 0.1) is 4.90 Å². The van der Waals surface area contributed by atoms with Crippen molar-refractivity contribution in [3.8, 4) is 0 Å². The first-order valence-corrected chi connectivity index (χ1v) is 7.04. The number of nitrogens with one attached hydrogen (secondary N) is 1. The second kappa shape index (κ2) is 4.91. The van der Waals surface area contributed by atoms with Crippen LogP contribution < -0.4 is 5.32 Å². The van der Waals surface area contributed by atoms with E-state index in [1.165, 1.54) is 4.31 Å². The Labute approximate surface area is 105 Å². The molecule has 0 aromatic heterocycles. The van der Waals surface area contributed by atoms with Gasteiger partial charge in [-0.1, -0.05) is 0 Å². The first-order chi connectivity index (χ1) is 8.41. The van der Waals surface area contributed by atoms with Gasteiger partial charge in [0.2, 0.25) is 10.0 Å². The van der Waals surface area contributed by atoms with Crippen LogP contribution in [0.15, 0.2) is 23.1 Å². The maximum absolute atomic E-state index is 13.1. The summed E-state index contributed by atoms with van der Waals surface area (Å²) in [7, 11) is -3.84. The van der Waals surface area contributed by atoms with Crippen molar-refractivity contribution in [1.82, 2.24) is 9.62 Å². The molecular formula is C11H14F2N2O2S. The van der Waals surface area contributed by atoms with Crippen molar-refractivity contribution in [3.63, 3.8) is 0 Å². The summed E-state index contributed by atoms with van der Waals surface area (Å²) in [6.45, 7) is 3.10. The van der Waals surface area contributed by atoms with Gasteiger partial charge in [-0.25, -0.2) is 17.2 Å². The minimum Gasteiger partial charge on any atom is -0.314 e. The highest BCUT2D eigenvalue weighted by Gasteiger charge is 2.31. The predicted molar refractivity (Wildman–Crippen MR) is 62.6 cm³/mol. The number of piperazine rings is 1. The molecule has 1 heterocycles. The van der Waals surface area contributed by atoms with E-state index in [1.807, 2.05) is 0 Å². The van der Waals surface area contributed by atoms with Crippen molar-refractivity contribution in [3.05, 3.63) is 29.8 Å². The summed E-state index contributed by atoms with van der Waals surface area (Å²) < 4.78 is 52.0. The van der Waals surface area contributed by atoms with Crippen LogP contribution in [-0.2, 0) is 10.0 Å². The molecule has 1 aliphatic heterocycles. The predicted octanol–water partition coefficient (Wildman–Crippen LogP) is 0.947. The number of halogens is 2. The van der Waals surface area contributed by atoms with E-state index in [9.17, 15) is 17.2 Å². The van der Waals surface area contributed by atoms with E-state index in [0.29, 0.717) is 25.7 Å². The molecule has 18 heavy (non-hydrogen) atoms. The second-order valence-corrected chi connectivity index (χ2v) is 6.16. The molecule has 7 heteroatoms. The number of hydrogen-bond acceptors (Lipinski definition) is 3. The van der Waals surface area contributed by atoms with Gasteiger partial charge in [-0.2, -0.15) is 4.31 Å². The van der Waals surface area contributed by atoms with E-state index in [1.54, 1.807) is 6.92 Å². The third-order valence-electron chi connectivity index (χ3n) is 2.88. The molecule has 4 nitrogen and oxygen atoms in total. The summed E-state index contributed by atoms with van der Waals surface area (Å²) in [5, 5.41) is 3.06. The molecule has 1 aromatic carbocycles. The molecule has 0 spiro atoms. The molecule has 2 rings (SSSR count). The average molecular weight is 276 g/mol. The Morgan fingerprint density at radius 3 is 2.44 bits per heavy atom.